The summed E-state index contributed by atoms with van der Waals surface area (Å²) in [6, 6.07) is 26.3. The Hall–Kier alpha value is -4.81. The fourth-order valence-electron chi connectivity index (χ4n) is 7.01. The molecule has 1 aliphatic carbocycles. The van der Waals surface area contributed by atoms with E-state index in [4.69, 9.17) is 16.3 Å². The molecule has 0 amide bonds. The molecule has 0 radical (unpaired) electrons. The molecule has 0 bridgehead atoms. The summed E-state index contributed by atoms with van der Waals surface area (Å²) in [6.45, 7) is 1.31. The molecule has 3 atom stereocenters. The van der Waals surface area contributed by atoms with Gasteiger partial charge in [-0.25, -0.2) is 0 Å². The fraction of sp³-hybridized carbons (Fsp3) is 0.143. The largest absolute Gasteiger partial charge is 0.427 e. The van der Waals surface area contributed by atoms with E-state index in [1.54, 1.807) is 66.7 Å². The molecule has 1 spiro atoms. The van der Waals surface area contributed by atoms with E-state index >= 15 is 0 Å². The van der Waals surface area contributed by atoms with Crippen LogP contribution in [0.4, 0.5) is 5.69 Å². The number of halogens is 1. The van der Waals surface area contributed by atoms with Crippen LogP contribution in [0.2, 0.25) is 5.02 Å². The van der Waals surface area contributed by atoms with Gasteiger partial charge in [0.25, 0.3) is 0 Å². The molecule has 4 aromatic carbocycles. The van der Waals surface area contributed by atoms with E-state index in [-0.39, 0.29) is 17.3 Å². The molecule has 4 aromatic rings. The number of anilines is 1. The minimum Gasteiger partial charge on any atom is -0.427 e. The average molecular weight is 574 g/mol. The Bertz CT molecular complexity index is 1810. The van der Waals surface area contributed by atoms with E-state index < -0.39 is 29.4 Å². The van der Waals surface area contributed by atoms with Crippen molar-refractivity contribution in [3.05, 3.63) is 136 Å². The summed E-state index contributed by atoms with van der Waals surface area (Å²) >= 11 is 6.49. The predicted octanol–water partition coefficient (Wildman–Crippen LogP) is 6.58. The van der Waals surface area contributed by atoms with Gasteiger partial charge in [-0.15, -0.1) is 0 Å². The van der Waals surface area contributed by atoms with Gasteiger partial charge < -0.3 is 9.64 Å². The van der Waals surface area contributed by atoms with Gasteiger partial charge in [0.15, 0.2) is 17.3 Å². The molecular formula is C35H24ClNO5. The second-order valence-corrected chi connectivity index (χ2v) is 11.2. The van der Waals surface area contributed by atoms with Crippen LogP contribution in [0.1, 0.15) is 55.0 Å². The SMILES string of the molecule is CC(=O)Oc1ccc(C(=O)[C@H]2[C@H](c3cccc(Cl)c3)C3(C(=O)c4ccccc4C3=O)[C@H]3C=Cc4ccccc4N23)cc1. The highest BCUT2D eigenvalue weighted by molar-refractivity contribution is 6.33. The number of nitrogens with zero attached hydrogens (tertiary/aromatic N) is 1. The number of hydrogen-bond donors (Lipinski definition) is 0. The molecule has 1 saturated heterocycles. The summed E-state index contributed by atoms with van der Waals surface area (Å²) in [6.07, 6.45) is 3.82. The smallest absolute Gasteiger partial charge is 0.308 e. The van der Waals surface area contributed by atoms with Gasteiger partial charge in [0.05, 0.1) is 6.04 Å². The maximum absolute atomic E-state index is 14.7. The molecular weight excluding hydrogens is 550 g/mol. The first-order valence-electron chi connectivity index (χ1n) is 13.6. The van der Waals surface area contributed by atoms with Crippen LogP contribution >= 0.6 is 11.6 Å². The third-order valence-electron chi connectivity index (χ3n) is 8.59. The van der Waals surface area contributed by atoms with Crippen molar-refractivity contribution in [1.29, 1.82) is 0 Å². The molecule has 0 unspecified atom stereocenters. The van der Waals surface area contributed by atoms with Crippen LogP contribution in [0.25, 0.3) is 6.08 Å². The van der Waals surface area contributed by atoms with E-state index in [0.29, 0.717) is 33.0 Å². The Morgan fingerprint density at radius 1 is 0.833 bits per heavy atom. The zero-order chi connectivity index (χ0) is 29.2. The fourth-order valence-corrected chi connectivity index (χ4v) is 7.21. The lowest BCUT2D eigenvalue weighted by atomic mass is 9.64. The number of carbonyl (C=O) groups is 4. The van der Waals surface area contributed by atoms with E-state index in [1.807, 2.05) is 47.4 Å². The molecule has 7 heteroatoms. The molecule has 206 valence electrons. The Kier molecular flexibility index (Phi) is 5.99. The summed E-state index contributed by atoms with van der Waals surface area (Å²) in [7, 11) is 0. The van der Waals surface area contributed by atoms with Gasteiger partial charge in [-0.2, -0.15) is 0 Å². The third-order valence-corrected chi connectivity index (χ3v) is 8.82. The van der Waals surface area contributed by atoms with Crippen molar-refractivity contribution in [2.24, 2.45) is 5.41 Å². The number of benzene rings is 4. The summed E-state index contributed by atoms with van der Waals surface area (Å²) in [5.41, 5.74) is 1.76. The number of fused-ring (bicyclic) bond motifs is 5. The lowest BCUT2D eigenvalue weighted by Crippen LogP contribution is -2.48. The number of para-hydroxylation sites is 1. The van der Waals surface area contributed by atoms with Crippen LogP contribution in [-0.4, -0.2) is 35.4 Å². The number of carbonyl (C=O) groups excluding carboxylic acids is 4. The first-order chi connectivity index (χ1) is 20.3. The van der Waals surface area contributed by atoms with Crippen molar-refractivity contribution < 1.29 is 23.9 Å². The van der Waals surface area contributed by atoms with Crippen molar-refractivity contribution in [1.82, 2.24) is 0 Å². The van der Waals surface area contributed by atoms with Crippen LogP contribution in [0.5, 0.6) is 5.75 Å². The van der Waals surface area contributed by atoms with E-state index in [0.717, 1.165) is 11.3 Å². The van der Waals surface area contributed by atoms with Gasteiger partial charge in [-0.05, 0) is 53.6 Å². The van der Waals surface area contributed by atoms with Crippen molar-refractivity contribution >= 4 is 46.7 Å². The van der Waals surface area contributed by atoms with Gasteiger partial charge in [-0.1, -0.05) is 78.4 Å². The maximum atomic E-state index is 14.7. The normalized spacial score (nSPS) is 21.2. The molecule has 6 nitrogen and oxygen atoms in total. The Morgan fingerprint density at radius 2 is 1.50 bits per heavy atom. The molecule has 7 rings (SSSR count). The lowest BCUT2D eigenvalue weighted by molar-refractivity contribution is -0.131. The second kappa shape index (κ2) is 9.64. The van der Waals surface area contributed by atoms with Crippen molar-refractivity contribution in [2.45, 2.75) is 24.9 Å². The number of ketones is 3. The van der Waals surface area contributed by atoms with E-state index in [9.17, 15) is 19.2 Å². The monoisotopic (exact) mass is 573 g/mol. The van der Waals surface area contributed by atoms with Gasteiger partial charge in [0, 0.05) is 40.2 Å². The Morgan fingerprint density at radius 3 is 2.17 bits per heavy atom. The zero-order valence-electron chi connectivity index (χ0n) is 22.5. The van der Waals surface area contributed by atoms with Crippen molar-refractivity contribution in [3.8, 4) is 5.75 Å². The van der Waals surface area contributed by atoms with Crippen LogP contribution in [0.3, 0.4) is 0 Å². The third kappa shape index (κ3) is 3.65. The van der Waals surface area contributed by atoms with Gasteiger partial charge in [-0.3, -0.25) is 19.2 Å². The summed E-state index contributed by atoms with van der Waals surface area (Å²) in [5, 5.41) is 0.441. The second-order valence-electron chi connectivity index (χ2n) is 10.8. The number of ether oxygens (including phenoxy) is 1. The molecule has 1 fully saturated rings. The van der Waals surface area contributed by atoms with E-state index in [2.05, 4.69) is 0 Å². The highest BCUT2D eigenvalue weighted by Crippen LogP contribution is 2.61. The van der Waals surface area contributed by atoms with Crippen LogP contribution < -0.4 is 9.64 Å². The lowest BCUT2D eigenvalue weighted by Gasteiger charge is -2.37. The topological polar surface area (TPSA) is 80.8 Å². The maximum Gasteiger partial charge on any atom is 0.308 e. The highest BCUT2D eigenvalue weighted by Gasteiger charge is 2.71. The predicted molar refractivity (Wildman–Crippen MR) is 159 cm³/mol. The quantitative estimate of drug-likeness (QED) is 0.119. The molecule has 3 aliphatic rings. The molecule has 2 heterocycles. The number of Topliss-reactive ketones (excluding diaryl/α,β-unsaturated/α-hetero) is 3. The zero-order valence-corrected chi connectivity index (χ0v) is 23.2. The van der Waals surface area contributed by atoms with Crippen LogP contribution in [0, 0.1) is 5.41 Å². The number of hydrogen-bond acceptors (Lipinski definition) is 6. The standard InChI is InChI=1S/C35H24ClNO5/c1-20(38)42-25-16-13-22(14-17-25)32(39)31-30(23-8-6-9-24(36)19-23)35(33(40)26-10-3-4-11-27(26)34(35)41)29-18-15-21-7-2-5-12-28(21)37(29)31/h2-19,29-31H,1H3/t29-,30+,31-/m1/s1. The van der Waals surface area contributed by atoms with Gasteiger partial charge in [0.1, 0.15) is 17.2 Å². The van der Waals surface area contributed by atoms with Crippen molar-refractivity contribution in [2.75, 3.05) is 4.90 Å². The van der Waals surface area contributed by atoms with E-state index in [1.165, 1.54) is 6.92 Å². The molecule has 42 heavy (non-hydrogen) atoms. The van der Waals surface area contributed by atoms with Crippen LogP contribution in [-0.2, 0) is 4.79 Å². The minimum absolute atomic E-state index is 0.266. The molecule has 0 N–H and O–H groups in total. The molecule has 0 saturated carbocycles. The summed E-state index contributed by atoms with van der Waals surface area (Å²) in [4.78, 5) is 57.4. The molecule has 2 aliphatic heterocycles. The molecule has 0 aromatic heterocycles. The summed E-state index contributed by atoms with van der Waals surface area (Å²) < 4.78 is 5.18. The van der Waals surface area contributed by atoms with Crippen LogP contribution in [0.15, 0.2) is 103 Å². The first kappa shape index (κ1) is 26.1. The average Bonchev–Trinajstić information content (AvgIpc) is 3.43. The highest BCUT2D eigenvalue weighted by atomic mass is 35.5. The van der Waals surface area contributed by atoms with Gasteiger partial charge >= 0.3 is 5.97 Å². The number of esters is 1. The van der Waals surface area contributed by atoms with Crippen molar-refractivity contribution in [3.63, 3.8) is 0 Å². The Labute approximate surface area is 247 Å². The first-order valence-corrected chi connectivity index (χ1v) is 14.0. The number of rotatable bonds is 4. The van der Waals surface area contributed by atoms with Gasteiger partial charge in [0.2, 0.25) is 0 Å². The summed E-state index contributed by atoms with van der Waals surface area (Å²) in [5.74, 6) is -1.87. The Balaban J connectivity index is 1.49. The minimum atomic E-state index is -1.60.